The molecule has 5 heteroatoms. The van der Waals surface area contributed by atoms with E-state index < -0.39 is 0 Å². The second kappa shape index (κ2) is 6.37. The second-order valence-corrected chi connectivity index (χ2v) is 5.70. The van der Waals surface area contributed by atoms with E-state index in [0.29, 0.717) is 6.04 Å². The highest BCUT2D eigenvalue weighted by Crippen LogP contribution is 2.13. The highest BCUT2D eigenvalue weighted by atomic mass is 16.2. The summed E-state index contributed by atoms with van der Waals surface area (Å²) in [6.07, 6.45) is 4.15. The predicted octanol–water partition coefficient (Wildman–Crippen LogP) is 0.598. The molecular weight excluding hydrogens is 242 g/mol. The minimum absolute atomic E-state index is 0.105. The number of nitrogens with zero attached hydrogens (tertiary/aromatic N) is 2. The summed E-state index contributed by atoms with van der Waals surface area (Å²) in [5.74, 6) is 0.381. The van der Waals surface area contributed by atoms with Crippen LogP contribution >= 0.6 is 0 Å². The molecule has 2 aliphatic rings. The summed E-state index contributed by atoms with van der Waals surface area (Å²) >= 11 is 0. The van der Waals surface area contributed by atoms with Crippen LogP contribution < -0.4 is 5.32 Å². The molecular formula is C14H25N3O2. The number of amides is 2. The van der Waals surface area contributed by atoms with Gasteiger partial charge in [0.25, 0.3) is 0 Å². The fourth-order valence-corrected chi connectivity index (χ4v) is 3.00. The van der Waals surface area contributed by atoms with Gasteiger partial charge in [-0.1, -0.05) is 0 Å². The summed E-state index contributed by atoms with van der Waals surface area (Å²) in [5.41, 5.74) is 0. The second-order valence-electron chi connectivity index (χ2n) is 5.70. The van der Waals surface area contributed by atoms with Crippen LogP contribution in [-0.4, -0.2) is 59.9 Å². The lowest BCUT2D eigenvalue weighted by molar-refractivity contribution is -0.133. The number of rotatable bonds is 3. The van der Waals surface area contributed by atoms with Gasteiger partial charge in [0.05, 0.1) is 6.04 Å². The van der Waals surface area contributed by atoms with E-state index in [1.165, 1.54) is 0 Å². The van der Waals surface area contributed by atoms with Gasteiger partial charge in [-0.3, -0.25) is 9.59 Å². The van der Waals surface area contributed by atoms with Crippen molar-refractivity contribution in [1.29, 1.82) is 0 Å². The molecule has 5 nitrogen and oxygen atoms in total. The van der Waals surface area contributed by atoms with Gasteiger partial charge < -0.3 is 15.1 Å². The molecule has 2 heterocycles. The smallest absolute Gasteiger partial charge is 0.239 e. The van der Waals surface area contributed by atoms with Crippen LogP contribution in [0.5, 0.6) is 0 Å². The number of piperidine rings is 1. The van der Waals surface area contributed by atoms with Gasteiger partial charge in [-0.2, -0.15) is 0 Å². The average Bonchev–Trinajstić information content (AvgIpc) is 2.92. The van der Waals surface area contributed by atoms with E-state index in [-0.39, 0.29) is 17.9 Å². The third kappa shape index (κ3) is 3.69. The monoisotopic (exact) mass is 267 g/mol. The zero-order valence-corrected chi connectivity index (χ0v) is 12.0. The Labute approximate surface area is 115 Å². The van der Waals surface area contributed by atoms with Crippen molar-refractivity contribution in [2.75, 3.05) is 26.2 Å². The molecule has 19 heavy (non-hydrogen) atoms. The minimum Gasteiger partial charge on any atom is -0.343 e. The lowest BCUT2D eigenvalue weighted by atomic mass is 10.0. The molecule has 2 aliphatic heterocycles. The standard InChI is InChI=1S/C14H25N3O2/c1-11(14(19)17-7-3-4-8-17)15-13-5-9-16(10-6-13)12(2)18/h11,13,15H,3-10H2,1-2H3. The number of carbonyl (C=O) groups excluding carboxylic acids is 2. The van der Waals surface area contributed by atoms with Crippen molar-refractivity contribution in [2.45, 2.75) is 51.6 Å². The highest BCUT2D eigenvalue weighted by Gasteiger charge is 2.27. The molecule has 2 saturated heterocycles. The first-order valence-corrected chi connectivity index (χ1v) is 7.38. The van der Waals surface area contributed by atoms with E-state index in [2.05, 4.69) is 5.32 Å². The van der Waals surface area contributed by atoms with Crippen LogP contribution in [0.2, 0.25) is 0 Å². The van der Waals surface area contributed by atoms with Crippen LogP contribution in [0.15, 0.2) is 0 Å². The minimum atomic E-state index is -0.105. The molecule has 0 saturated carbocycles. The maximum Gasteiger partial charge on any atom is 0.239 e. The van der Waals surface area contributed by atoms with Gasteiger partial charge in [0.15, 0.2) is 0 Å². The first-order valence-electron chi connectivity index (χ1n) is 7.38. The Morgan fingerprint density at radius 2 is 1.63 bits per heavy atom. The number of carbonyl (C=O) groups is 2. The quantitative estimate of drug-likeness (QED) is 0.814. The van der Waals surface area contributed by atoms with Crippen LogP contribution in [0.3, 0.4) is 0 Å². The summed E-state index contributed by atoms with van der Waals surface area (Å²) in [5, 5.41) is 3.43. The summed E-state index contributed by atoms with van der Waals surface area (Å²) < 4.78 is 0. The molecule has 2 amide bonds. The number of hydrogen-bond donors (Lipinski definition) is 1. The van der Waals surface area contributed by atoms with Crippen molar-refractivity contribution < 1.29 is 9.59 Å². The molecule has 1 atom stereocenters. The lowest BCUT2D eigenvalue weighted by Crippen LogP contribution is -2.51. The van der Waals surface area contributed by atoms with Crippen molar-refractivity contribution in [1.82, 2.24) is 15.1 Å². The van der Waals surface area contributed by atoms with E-state index >= 15 is 0 Å². The molecule has 0 aromatic heterocycles. The van der Waals surface area contributed by atoms with Crippen LogP contribution in [0.1, 0.15) is 39.5 Å². The number of nitrogens with one attached hydrogen (secondary N) is 1. The third-order valence-corrected chi connectivity index (χ3v) is 4.21. The topological polar surface area (TPSA) is 52.7 Å². The van der Waals surface area contributed by atoms with Gasteiger partial charge >= 0.3 is 0 Å². The van der Waals surface area contributed by atoms with Gasteiger partial charge in [0.1, 0.15) is 0 Å². The normalized spacial score (nSPS) is 22.6. The van der Waals surface area contributed by atoms with Crippen molar-refractivity contribution in [3.63, 3.8) is 0 Å². The zero-order valence-electron chi connectivity index (χ0n) is 12.0. The van der Waals surface area contributed by atoms with Gasteiger partial charge in [-0.05, 0) is 32.6 Å². The van der Waals surface area contributed by atoms with Crippen LogP contribution in [0.4, 0.5) is 0 Å². The maximum atomic E-state index is 12.2. The molecule has 1 N–H and O–H groups in total. The molecule has 0 aromatic rings. The number of likely N-dealkylation sites (tertiary alicyclic amines) is 2. The van der Waals surface area contributed by atoms with Gasteiger partial charge in [-0.25, -0.2) is 0 Å². The lowest BCUT2D eigenvalue weighted by Gasteiger charge is -2.33. The molecule has 0 aromatic carbocycles. The highest BCUT2D eigenvalue weighted by molar-refractivity contribution is 5.81. The van der Waals surface area contributed by atoms with E-state index in [9.17, 15) is 9.59 Å². The molecule has 0 bridgehead atoms. The molecule has 2 rings (SSSR count). The van der Waals surface area contributed by atoms with Gasteiger partial charge in [0, 0.05) is 39.1 Å². The molecule has 108 valence electrons. The number of hydrogen-bond acceptors (Lipinski definition) is 3. The Morgan fingerprint density at radius 1 is 1.05 bits per heavy atom. The van der Waals surface area contributed by atoms with Crippen LogP contribution in [0, 0.1) is 0 Å². The summed E-state index contributed by atoms with van der Waals surface area (Å²) in [6.45, 7) is 7.00. The fourth-order valence-electron chi connectivity index (χ4n) is 3.00. The Balaban J connectivity index is 1.75. The van der Waals surface area contributed by atoms with E-state index in [0.717, 1.165) is 51.9 Å². The van der Waals surface area contributed by atoms with Gasteiger partial charge in [-0.15, -0.1) is 0 Å². The Hall–Kier alpha value is -1.10. The molecule has 0 aliphatic carbocycles. The van der Waals surface area contributed by atoms with Crippen molar-refractivity contribution in [3.05, 3.63) is 0 Å². The fraction of sp³-hybridized carbons (Fsp3) is 0.857. The van der Waals surface area contributed by atoms with Crippen LogP contribution in [0.25, 0.3) is 0 Å². The van der Waals surface area contributed by atoms with Crippen molar-refractivity contribution in [3.8, 4) is 0 Å². The summed E-state index contributed by atoms with van der Waals surface area (Å²) in [7, 11) is 0. The van der Waals surface area contributed by atoms with E-state index in [1.54, 1.807) is 6.92 Å². The summed E-state index contributed by atoms with van der Waals surface area (Å²) in [6, 6.07) is 0.254. The molecule has 1 unspecified atom stereocenters. The van der Waals surface area contributed by atoms with E-state index in [4.69, 9.17) is 0 Å². The summed E-state index contributed by atoms with van der Waals surface area (Å²) in [4.78, 5) is 27.3. The van der Waals surface area contributed by atoms with Crippen molar-refractivity contribution in [2.24, 2.45) is 0 Å². The first kappa shape index (κ1) is 14.3. The van der Waals surface area contributed by atoms with Gasteiger partial charge in [0.2, 0.25) is 11.8 Å². The Morgan fingerprint density at radius 3 is 2.16 bits per heavy atom. The molecule has 0 radical (unpaired) electrons. The van der Waals surface area contributed by atoms with Crippen molar-refractivity contribution >= 4 is 11.8 Å². The SMILES string of the molecule is CC(=O)N1CCC(NC(C)C(=O)N2CCCC2)CC1. The Kier molecular flexibility index (Phi) is 4.80. The largest absolute Gasteiger partial charge is 0.343 e. The predicted molar refractivity (Wildman–Crippen MR) is 73.7 cm³/mol. The maximum absolute atomic E-state index is 12.2. The third-order valence-electron chi connectivity index (χ3n) is 4.21. The van der Waals surface area contributed by atoms with E-state index in [1.807, 2.05) is 16.7 Å². The first-order chi connectivity index (χ1) is 9.08. The van der Waals surface area contributed by atoms with Crippen LogP contribution in [-0.2, 0) is 9.59 Å². The average molecular weight is 267 g/mol. The Bertz CT molecular complexity index is 332. The zero-order chi connectivity index (χ0) is 13.8. The molecule has 2 fully saturated rings. The molecule has 0 spiro atoms.